The van der Waals surface area contributed by atoms with Crippen molar-refractivity contribution in [2.45, 2.75) is 0 Å². The van der Waals surface area contributed by atoms with Crippen molar-refractivity contribution in [3.05, 3.63) is 96.6 Å². The summed E-state index contributed by atoms with van der Waals surface area (Å²) < 4.78 is 0. The zero-order valence-corrected chi connectivity index (χ0v) is 14.9. The standard InChI is InChI=1S/C22H17N5O/c28-20(17-12-6-2-7-13-17)26-22-25-19(16-10-4-1-5-11-16)24-21(27-22)23-18-14-8-3-9-15-18/h1-15H,(H2,23,24,25,26,27,28). The van der Waals surface area contributed by atoms with Crippen LogP contribution < -0.4 is 10.6 Å². The number of carbonyl (C=O) groups excluding carboxylic acids is 1. The minimum atomic E-state index is -0.281. The third-order valence-corrected chi connectivity index (χ3v) is 3.96. The summed E-state index contributed by atoms with van der Waals surface area (Å²) in [4.78, 5) is 25.8. The predicted molar refractivity (Wildman–Crippen MR) is 109 cm³/mol. The van der Waals surface area contributed by atoms with Gasteiger partial charge in [0.05, 0.1) is 0 Å². The number of rotatable bonds is 5. The Morgan fingerprint density at radius 3 is 1.89 bits per heavy atom. The molecule has 4 rings (SSSR count). The lowest BCUT2D eigenvalue weighted by molar-refractivity contribution is 0.102. The maximum atomic E-state index is 12.5. The number of amides is 1. The molecule has 2 N–H and O–H groups in total. The maximum absolute atomic E-state index is 12.5. The van der Waals surface area contributed by atoms with Gasteiger partial charge in [-0.1, -0.05) is 66.7 Å². The summed E-state index contributed by atoms with van der Waals surface area (Å²) in [6.45, 7) is 0. The van der Waals surface area contributed by atoms with E-state index in [1.54, 1.807) is 24.3 Å². The average Bonchev–Trinajstić information content (AvgIpc) is 2.75. The minimum absolute atomic E-state index is 0.182. The van der Waals surface area contributed by atoms with E-state index in [0.29, 0.717) is 17.3 Å². The number of benzene rings is 3. The Morgan fingerprint density at radius 1 is 0.643 bits per heavy atom. The molecule has 0 spiro atoms. The molecule has 1 aromatic heterocycles. The number of nitrogens with one attached hydrogen (secondary N) is 2. The third kappa shape index (κ3) is 4.19. The fourth-order valence-electron chi connectivity index (χ4n) is 2.62. The second-order valence-electron chi connectivity index (χ2n) is 5.98. The Morgan fingerprint density at radius 2 is 1.21 bits per heavy atom. The SMILES string of the molecule is O=C(Nc1nc(Nc2ccccc2)nc(-c2ccccc2)n1)c1ccccc1. The van der Waals surface area contributed by atoms with Crippen molar-refractivity contribution in [2.75, 3.05) is 10.6 Å². The van der Waals surface area contributed by atoms with Crippen LogP contribution in [0.2, 0.25) is 0 Å². The van der Waals surface area contributed by atoms with E-state index in [9.17, 15) is 4.79 Å². The van der Waals surface area contributed by atoms with Crippen LogP contribution in [0.5, 0.6) is 0 Å². The van der Waals surface area contributed by atoms with E-state index in [1.165, 1.54) is 0 Å². The van der Waals surface area contributed by atoms with Crippen LogP contribution >= 0.6 is 0 Å². The van der Waals surface area contributed by atoms with Gasteiger partial charge in [-0.2, -0.15) is 15.0 Å². The topological polar surface area (TPSA) is 79.8 Å². The van der Waals surface area contributed by atoms with Crippen molar-refractivity contribution in [1.29, 1.82) is 0 Å². The molecule has 0 aliphatic carbocycles. The van der Waals surface area contributed by atoms with Gasteiger partial charge in [0, 0.05) is 16.8 Å². The van der Waals surface area contributed by atoms with Gasteiger partial charge in [0.25, 0.3) is 5.91 Å². The van der Waals surface area contributed by atoms with E-state index in [1.807, 2.05) is 66.7 Å². The molecule has 3 aromatic carbocycles. The predicted octanol–water partition coefficient (Wildman–Crippen LogP) is 4.53. The highest BCUT2D eigenvalue weighted by Crippen LogP contribution is 2.20. The van der Waals surface area contributed by atoms with Gasteiger partial charge in [-0.15, -0.1) is 0 Å². The van der Waals surface area contributed by atoms with Crippen LogP contribution in [0, 0.1) is 0 Å². The molecule has 28 heavy (non-hydrogen) atoms. The number of carbonyl (C=O) groups is 1. The zero-order chi connectivity index (χ0) is 19.2. The van der Waals surface area contributed by atoms with Gasteiger partial charge in [0.2, 0.25) is 11.9 Å². The van der Waals surface area contributed by atoms with Crippen molar-refractivity contribution < 1.29 is 4.79 Å². The first-order chi connectivity index (χ1) is 13.8. The molecule has 0 aliphatic rings. The minimum Gasteiger partial charge on any atom is -0.324 e. The fourth-order valence-corrected chi connectivity index (χ4v) is 2.62. The van der Waals surface area contributed by atoms with Crippen LogP contribution in [0.1, 0.15) is 10.4 Å². The van der Waals surface area contributed by atoms with Crippen LogP contribution in [0.25, 0.3) is 11.4 Å². The second kappa shape index (κ2) is 8.09. The van der Waals surface area contributed by atoms with Gasteiger partial charge in [0.15, 0.2) is 5.82 Å². The molecule has 1 heterocycles. The van der Waals surface area contributed by atoms with E-state index in [2.05, 4.69) is 25.6 Å². The van der Waals surface area contributed by atoms with Crippen molar-refractivity contribution in [1.82, 2.24) is 15.0 Å². The summed E-state index contributed by atoms with van der Waals surface area (Å²) in [5, 5.41) is 5.91. The Kier molecular flexibility index (Phi) is 5.02. The summed E-state index contributed by atoms with van der Waals surface area (Å²) in [7, 11) is 0. The number of para-hydroxylation sites is 1. The van der Waals surface area contributed by atoms with Crippen LogP contribution in [0.4, 0.5) is 17.6 Å². The first kappa shape index (κ1) is 17.4. The number of anilines is 3. The highest BCUT2D eigenvalue weighted by molar-refractivity contribution is 6.03. The normalized spacial score (nSPS) is 10.3. The van der Waals surface area contributed by atoms with Gasteiger partial charge in [-0.3, -0.25) is 10.1 Å². The third-order valence-electron chi connectivity index (χ3n) is 3.96. The van der Waals surface area contributed by atoms with Gasteiger partial charge in [0.1, 0.15) is 0 Å². The average molecular weight is 367 g/mol. The monoisotopic (exact) mass is 367 g/mol. The number of nitrogens with zero attached hydrogens (tertiary/aromatic N) is 3. The first-order valence-corrected chi connectivity index (χ1v) is 8.78. The quantitative estimate of drug-likeness (QED) is 0.541. The van der Waals surface area contributed by atoms with Gasteiger partial charge in [-0.25, -0.2) is 0 Å². The highest BCUT2D eigenvalue weighted by atomic mass is 16.1. The molecule has 6 nitrogen and oxygen atoms in total. The molecule has 0 aliphatic heterocycles. The lowest BCUT2D eigenvalue weighted by Gasteiger charge is -2.10. The second-order valence-corrected chi connectivity index (χ2v) is 5.98. The Labute approximate surface area is 162 Å². The Balaban J connectivity index is 1.68. The lowest BCUT2D eigenvalue weighted by atomic mass is 10.2. The summed E-state index contributed by atoms with van der Waals surface area (Å²) in [5.74, 6) is 0.721. The van der Waals surface area contributed by atoms with E-state index in [0.717, 1.165) is 11.3 Å². The molecular weight excluding hydrogens is 350 g/mol. The van der Waals surface area contributed by atoms with Crippen LogP contribution in [-0.4, -0.2) is 20.9 Å². The molecule has 0 fully saturated rings. The van der Waals surface area contributed by atoms with Crippen molar-refractivity contribution >= 4 is 23.5 Å². The zero-order valence-electron chi connectivity index (χ0n) is 14.9. The summed E-state index contributed by atoms with van der Waals surface area (Å²) in [5.41, 5.74) is 2.20. The highest BCUT2D eigenvalue weighted by Gasteiger charge is 2.12. The van der Waals surface area contributed by atoms with Gasteiger partial charge in [-0.05, 0) is 24.3 Å². The molecule has 136 valence electrons. The van der Waals surface area contributed by atoms with Crippen LogP contribution in [0.15, 0.2) is 91.0 Å². The van der Waals surface area contributed by atoms with E-state index >= 15 is 0 Å². The largest absolute Gasteiger partial charge is 0.324 e. The van der Waals surface area contributed by atoms with Crippen LogP contribution in [-0.2, 0) is 0 Å². The summed E-state index contributed by atoms with van der Waals surface area (Å²) >= 11 is 0. The molecule has 4 aromatic rings. The molecule has 0 radical (unpaired) electrons. The first-order valence-electron chi connectivity index (χ1n) is 8.78. The van der Waals surface area contributed by atoms with Crippen molar-refractivity contribution in [3.8, 4) is 11.4 Å². The number of aromatic nitrogens is 3. The van der Waals surface area contributed by atoms with Crippen molar-refractivity contribution in [2.24, 2.45) is 0 Å². The Hall–Kier alpha value is -4.06. The molecule has 1 amide bonds. The smallest absolute Gasteiger partial charge is 0.258 e. The molecular formula is C22H17N5O. The van der Waals surface area contributed by atoms with Crippen molar-refractivity contribution in [3.63, 3.8) is 0 Å². The Bertz CT molecular complexity index is 1070. The van der Waals surface area contributed by atoms with Gasteiger partial charge < -0.3 is 5.32 Å². The lowest BCUT2D eigenvalue weighted by Crippen LogP contribution is -2.15. The van der Waals surface area contributed by atoms with E-state index in [-0.39, 0.29) is 11.9 Å². The number of hydrogen-bond donors (Lipinski definition) is 2. The maximum Gasteiger partial charge on any atom is 0.258 e. The molecule has 0 bridgehead atoms. The van der Waals surface area contributed by atoms with Gasteiger partial charge >= 0.3 is 0 Å². The molecule has 0 saturated carbocycles. The summed E-state index contributed by atoms with van der Waals surface area (Å²) in [6, 6.07) is 28.1. The molecule has 0 unspecified atom stereocenters. The summed E-state index contributed by atoms with van der Waals surface area (Å²) in [6.07, 6.45) is 0. The molecule has 0 atom stereocenters. The van der Waals surface area contributed by atoms with Crippen LogP contribution in [0.3, 0.4) is 0 Å². The molecule has 0 saturated heterocycles. The number of hydrogen-bond acceptors (Lipinski definition) is 5. The fraction of sp³-hybridized carbons (Fsp3) is 0. The van der Waals surface area contributed by atoms with E-state index in [4.69, 9.17) is 0 Å². The molecule has 6 heteroatoms. The van der Waals surface area contributed by atoms with E-state index < -0.39 is 0 Å².